The fourth-order valence-corrected chi connectivity index (χ4v) is 2.72. The molecule has 2 rings (SSSR count). The number of carbonyl (C=O) groups is 1. The maximum Gasteiger partial charge on any atom is 0.223 e. The van der Waals surface area contributed by atoms with Crippen LogP contribution in [-0.2, 0) is 11.3 Å². The Morgan fingerprint density at radius 1 is 1.63 bits per heavy atom. The van der Waals surface area contributed by atoms with E-state index < -0.39 is 0 Å². The second kappa shape index (κ2) is 8.71. The Hall–Kier alpha value is -0.400. The van der Waals surface area contributed by atoms with Crippen molar-refractivity contribution in [1.29, 1.82) is 0 Å². The number of halogens is 2. The van der Waals surface area contributed by atoms with Gasteiger partial charge in [0, 0.05) is 44.5 Å². The van der Waals surface area contributed by atoms with Gasteiger partial charge in [-0.05, 0) is 6.92 Å². The number of carbonyl (C=O) groups excluding carboxylic acids is 1. The van der Waals surface area contributed by atoms with Crippen molar-refractivity contribution < 1.29 is 4.79 Å². The number of amides is 1. The average Bonchev–Trinajstić information content (AvgIpc) is 2.64. The molecule has 8 heteroatoms. The monoisotopic (exact) mass is 326 g/mol. The van der Waals surface area contributed by atoms with Gasteiger partial charge in [-0.2, -0.15) is 0 Å². The molecule has 1 aromatic rings. The van der Waals surface area contributed by atoms with Crippen LogP contribution in [0.2, 0.25) is 0 Å². The maximum atomic E-state index is 10.9. The maximum absolute atomic E-state index is 10.9. The van der Waals surface area contributed by atoms with Crippen molar-refractivity contribution in [3.05, 3.63) is 11.1 Å². The van der Waals surface area contributed by atoms with Crippen LogP contribution < -0.4 is 10.6 Å². The molecule has 1 unspecified atom stereocenters. The van der Waals surface area contributed by atoms with Crippen LogP contribution >= 0.6 is 36.2 Å². The minimum Gasteiger partial charge on any atom is -0.312 e. The Morgan fingerprint density at radius 2 is 2.37 bits per heavy atom. The van der Waals surface area contributed by atoms with Gasteiger partial charge in [0.15, 0.2) is 5.13 Å². The SMILES string of the molecule is CC(=O)Nc1nc(CN2CCNC(C)C2)cs1.Cl.Cl. The lowest BCUT2D eigenvalue weighted by Crippen LogP contribution is -2.48. The first-order valence-electron chi connectivity index (χ1n) is 5.81. The summed E-state index contributed by atoms with van der Waals surface area (Å²) in [7, 11) is 0. The van der Waals surface area contributed by atoms with Gasteiger partial charge in [0.25, 0.3) is 0 Å². The molecule has 1 fully saturated rings. The van der Waals surface area contributed by atoms with E-state index in [2.05, 4.69) is 27.4 Å². The van der Waals surface area contributed by atoms with E-state index in [0.717, 1.165) is 31.9 Å². The van der Waals surface area contributed by atoms with Crippen molar-refractivity contribution >= 4 is 47.2 Å². The van der Waals surface area contributed by atoms with E-state index in [1.54, 1.807) is 0 Å². The zero-order chi connectivity index (χ0) is 12.3. The van der Waals surface area contributed by atoms with Gasteiger partial charge in [-0.1, -0.05) is 0 Å². The Balaban J connectivity index is 0.00000162. The summed E-state index contributed by atoms with van der Waals surface area (Å²) in [5, 5.41) is 8.82. The number of anilines is 1. The molecule has 1 saturated heterocycles. The van der Waals surface area contributed by atoms with E-state index in [0.29, 0.717) is 11.2 Å². The molecule has 5 nitrogen and oxygen atoms in total. The predicted octanol–water partition coefficient (Wildman–Crippen LogP) is 1.74. The molecule has 0 aromatic carbocycles. The number of thiazole rings is 1. The highest BCUT2D eigenvalue weighted by Gasteiger charge is 2.16. The molecule has 0 spiro atoms. The van der Waals surface area contributed by atoms with Crippen LogP contribution in [0.4, 0.5) is 5.13 Å². The number of nitrogens with zero attached hydrogens (tertiary/aromatic N) is 2. The first-order valence-corrected chi connectivity index (χ1v) is 6.69. The smallest absolute Gasteiger partial charge is 0.223 e. The van der Waals surface area contributed by atoms with Crippen LogP contribution in [0, 0.1) is 0 Å². The van der Waals surface area contributed by atoms with Gasteiger partial charge in [0.2, 0.25) is 5.91 Å². The second-order valence-corrected chi connectivity index (χ2v) is 5.27. The van der Waals surface area contributed by atoms with E-state index >= 15 is 0 Å². The summed E-state index contributed by atoms with van der Waals surface area (Å²) in [5.41, 5.74) is 1.04. The van der Waals surface area contributed by atoms with Gasteiger partial charge in [0.05, 0.1) is 5.69 Å². The summed E-state index contributed by atoms with van der Waals surface area (Å²) in [4.78, 5) is 17.7. The second-order valence-electron chi connectivity index (χ2n) is 4.42. The van der Waals surface area contributed by atoms with E-state index in [1.807, 2.05) is 5.38 Å². The highest BCUT2D eigenvalue weighted by molar-refractivity contribution is 7.13. The highest BCUT2D eigenvalue weighted by atomic mass is 35.5. The molecule has 2 N–H and O–H groups in total. The van der Waals surface area contributed by atoms with Crippen LogP contribution in [0.25, 0.3) is 0 Å². The largest absolute Gasteiger partial charge is 0.312 e. The molecule has 1 aromatic heterocycles. The number of aromatic nitrogens is 1. The number of piperazine rings is 1. The fraction of sp³-hybridized carbons (Fsp3) is 0.636. The quantitative estimate of drug-likeness (QED) is 0.888. The normalized spacial score (nSPS) is 19.2. The Labute approximate surface area is 130 Å². The third-order valence-corrected chi connectivity index (χ3v) is 3.48. The van der Waals surface area contributed by atoms with Crippen LogP contribution in [0.3, 0.4) is 0 Å². The lowest BCUT2D eigenvalue weighted by molar-refractivity contribution is -0.114. The molecular formula is C11H20Cl2N4OS. The molecule has 0 saturated carbocycles. The van der Waals surface area contributed by atoms with E-state index in [9.17, 15) is 4.79 Å². The lowest BCUT2D eigenvalue weighted by Gasteiger charge is -2.31. The molecule has 0 radical (unpaired) electrons. The molecule has 110 valence electrons. The van der Waals surface area contributed by atoms with E-state index in [-0.39, 0.29) is 30.7 Å². The molecule has 2 heterocycles. The average molecular weight is 327 g/mol. The summed E-state index contributed by atoms with van der Waals surface area (Å²) >= 11 is 1.48. The number of rotatable bonds is 3. The molecular weight excluding hydrogens is 307 g/mol. The fourth-order valence-electron chi connectivity index (χ4n) is 1.97. The van der Waals surface area contributed by atoms with Crippen LogP contribution in [0.15, 0.2) is 5.38 Å². The molecule has 0 aliphatic carbocycles. The van der Waals surface area contributed by atoms with Gasteiger partial charge >= 0.3 is 0 Å². The van der Waals surface area contributed by atoms with Crippen LogP contribution in [0.1, 0.15) is 19.5 Å². The first-order chi connectivity index (χ1) is 8.13. The third kappa shape index (κ3) is 6.05. The van der Waals surface area contributed by atoms with Crippen molar-refractivity contribution in [3.8, 4) is 0 Å². The minimum atomic E-state index is -0.0679. The third-order valence-electron chi connectivity index (χ3n) is 2.67. The standard InChI is InChI=1S/C11H18N4OS.2ClH/c1-8-5-15(4-3-12-8)6-10-7-17-11(14-10)13-9(2)16;;/h7-8,12H,3-6H2,1-2H3,(H,13,14,16);2*1H. The molecule has 19 heavy (non-hydrogen) atoms. The molecule has 1 amide bonds. The van der Waals surface area contributed by atoms with Crippen molar-refractivity contribution in [2.24, 2.45) is 0 Å². The van der Waals surface area contributed by atoms with Crippen LogP contribution in [0.5, 0.6) is 0 Å². The summed E-state index contributed by atoms with van der Waals surface area (Å²) in [5.74, 6) is -0.0679. The van der Waals surface area contributed by atoms with E-state index in [1.165, 1.54) is 18.3 Å². The zero-order valence-electron chi connectivity index (χ0n) is 11.0. The first kappa shape index (κ1) is 18.6. The lowest BCUT2D eigenvalue weighted by atomic mass is 10.2. The molecule has 1 aliphatic heterocycles. The minimum absolute atomic E-state index is 0. The van der Waals surface area contributed by atoms with Crippen molar-refractivity contribution in [2.45, 2.75) is 26.4 Å². The Morgan fingerprint density at radius 3 is 3.00 bits per heavy atom. The van der Waals surface area contributed by atoms with E-state index in [4.69, 9.17) is 0 Å². The van der Waals surface area contributed by atoms with Crippen LogP contribution in [-0.4, -0.2) is 41.5 Å². The zero-order valence-corrected chi connectivity index (χ0v) is 13.5. The molecule has 1 atom stereocenters. The summed E-state index contributed by atoms with van der Waals surface area (Å²) in [6.45, 7) is 7.69. The van der Waals surface area contributed by atoms with Gasteiger partial charge in [-0.15, -0.1) is 36.2 Å². The highest BCUT2D eigenvalue weighted by Crippen LogP contribution is 2.17. The molecule has 0 bridgehead atoms. The van der Waals surface area contributed by atoms with Gasteiger partial charge in [-0.25, -0.2) is 4.98 Å². The van der Waals surface area contributed by atoms with Gasteiger partial charge in [0.1, 0.15) is 0 Å². The number of hydrogen-bond donors (Lipinski definition) is 2. The summed E-state index contributed by atoms with van der Waals surface area (Å²) in [6, 6.07) is 0.539. The summed E-state index contributed by atoms with van der Waals surface area (Å²) < 4.78 is 0. The van der Waals surface area contributed by atoms with Gasteiger partial charge < -0.3 is 10.6 Å². The Bertz CT molecular complexity index is 402. The summed E-state index contributed by atoms with van der Waals surface area (Å²) in [6.07, 6.45) is 0. The van der Waals surface area contributed by atoms with Crippen molar-refractivity contribution in [3.63, 3.8) is 0 Å². The van der Waals surface area contributed by atoms with Gasteiger partial charge in [-0.3, -0.25) is 9.69 Å². The predicted molar refractivity (Wildman–Crippen MR) is 83.7 cm³/mol. The van der Waals surface area contributed by atoms with Crippen molar-refractivity contribution in [1.82, 2.24) is 15.2 Å². The van der Waals surface area contributed by atoms with Crippen molar-refractivity contribution in [2.75, 3.05) is 25.0 Å². The Kier molecular flexibility index (Phi) is 8.52. The topological polar surface area (TPSA) is 57.3 Å². The number of hydrogen-bond acceptors (Lipinski definition) is 5. The molecule has 1 aliphatic rings. The number of nitrogens with one attached hydrogen (secondary N) is 2.